The van der Waals surface area contributed by atoms with Crippen molar-refractivity contribution in [2.45, 2.75) is 13.2 Å². The monoisotopic (exact) mass is 331 g/mol. The Bertz CT molecular complexity index is 639. The van der Waals surface area contributed by atoms with Crippen LogP contribution in [0.1, 0.15) is 16.7 Å². The largest absolute Gasteiger partial charge is 0.458 e. The normalized spacial score (nSPS) is 10.6. The Morgan fingerprint density at radius 3 is 2.26 bits per heavy atom. The molecule has 122 valence electrons. The predicted octanol–water partition coefficient (Wildman–Crippen LogP) is 3.93. The van der Waals surface area contributed by atoms with Gasteiger partial charge < -0.3 is 9.64 Å². The molecule has 0 bridgehead atoms. The second-order valence-corrected chi connectivity index (χ2v) is 5.36. The summed E-state index contributed by atoms with van der Waals surface area (Å²) in [6.45, 7) is 1.12. The molecule has 0 spiro atoms. The van der Waals surface area contributed by atoms with Crippen LogP contribution < -0.4 is 0 Å². The average molecular weight is 332 g/mol. The predicted molar refractivity (Wildman–Crippen MR) is 96.4 cm³/mol. The third-order valence-corrected chi connectivity index (χ3v) is 3.19. The Kier molecular flexibility index (Phi) is 8.09. The van der Waals surface area contributed by atoms with E-state index in [-0.39, 0.29) is 18.4 Å². The molecule has 2 rings (SSSR count). The maximum absolute atomic E-state index is 11.8. The summed E-state index contributed by atoms with van der Waals surface area (Å²) < 4.78 is 5.33. The topological polar surface area (TPSA) is 29.5 Å². The van der Waals surface area contributed by atoms with Gasteiger partial charge in [-0.05, 0) is 36.9 Å². The number of halogens is 1. The highest BCUT2D eigenvalue weighted by Crippen LogP contribution is 2.12. The number of rotatable bonds is 6. The van der Waals surface area contributed by atoms with Gasteiger partial charge in [0.2, 0.25) is 0 Å². The summed E-state index contributed by atoms with van der Waals surface area (Å²) in [5.41, 5.74) is 3.19. The van der Waals surface area contributed by atoms with Crippen LogP contribution in [0.5, 0.6) is 0 Å². The molecule has 0 aliphatic carbocycles. The van der Waals surface area contributed by atoms with Crippen molar-refractivity contribution in [3.8, 4) is 0 Å². The second-order valence-electron chi connectivity index (χ2n) is 5.36. The quantitative estimate of drug-likeness (QED) is 0.593. The number of nitrogens with zero attached hydrogens (tertiary/aromatic N) is 1. The molecule has 0 aromatic heterocycles. The van der Waals surface area contributed by atoms with E-state index >= 15 is 0 Å². The molecule has 0 unspecified atom stereocenters. The Balaban J connectivity index is 0.00000264. The number of benzene rings is 2. The van der Waals surface area contributed by atoms with Crippen molar-refractivity contribution < 1.29 is 9.53 Å². The van der Waals surface area contributed by atoms with E-state index in [9.17, 15) is 4.79 Å². The summed E-state index contributed by atoms with van der Waals surface area (Å²) >= 11 is 0. The summed E-state index contributed by atoms with van der Waals surface area (Å²) in [7, 11) is 4.04. The molecule has 0 atom stereocenters. The molecule has 0 saturated heterocycles. The third-order valence-electron chi connectivity index (χ3n) is 3.19. The summed E-state index contributed by atoms with van der Waals surface area (Å²) in [4.78, 5) is 13.9. The van der Waals surface area contributed by atoms with E-state index in [2.05, 4.69) is 11.0 Å². The minimum Gasteiger partial charge on any atom is -0.458 e. The molecule has 2 aromatic rings. The molecule has 0 saturated carbocycles. The molecule has 0 amide bonds. The van der Waals surface area contributed by atoms with Crippen molar-refractivity contribution in [3.63, 3.8) is 0 Å². The van der Waals surface area contributed by atoms with Gasteiger partial charge in [-0.15, -0.1) is 12.4 Å². The Hall–Kier alpha value is -2.10. The SMILES string of the molecule is CN(C)Cc1ccccc1COC(=O)/C=C/c1ccccc1.Cl. The van der Waals surface area contributed by atoms with E-state index in [4.69, 9.17) is 4.74 Å². The lowest BCUT2D eigenvalue weighted by Crippen LogP contribution is -2.13. The molecule has 3 nitrogen and oxygen atoms in total. The fourth-order valence-electron chi connectivity index (χ4n) is 2.12. The fourth-order valence-corrected chi connectivity index (χ4v) is 2.12. The zero-order chi connectivity index (χ0) is 15.8. The van der Waals surface area contributed by atoms with E-state index < -0.39 is 0 Å². The molecule has 0 fully saturated rings. The molecular weight excluding hydrogens is 310 g/mol. The molecule has 23 heavy (non-hydrogen) atoms. The van der Waals surface area contributed by atoms with Crippen LogP contribution in [-0.2, 0) is 22.7 Å². The lowest BCUT2D eigenvalue weighted by Gasteiger charge is -2.13. The molecule has 0 heterocycles. The van der Waals surface area contributed by atoms with Crippen molar-refractivity contribution in [1.29, 1.82) is 0 Å². The van der Waals surface area contributed by atoms with Crippen LogP contribution in [0.4, 0.5) is 0 Å². The Morgan fingerprint density at radius 2 is 1.61 bits per heavy atom. The number of carbonyl (C=O) groups is 1. The van der Waals surface area contributed by atoms with Crippen LogP contribution in [0.15, 0.2) is 60.7 Å². The van der Waals surface area contributed by atoms with Gasteiger partial charge in [0.15, 0.2) is 0 Å². The summed E-state index contributed by atoms with van der Waals surface area (Å²) in [6, 6.07) is 17.7. The minimum atomic E-state index is -0.330. The van der Waals surface area contributed by atoms with Crippen LogP contribution in [0, 0.1) is 0 Å². The number of hydrogen-bond acceptors (Lipinski definition) is 3. The Morgan fingerprint density at radius 1 is 1.00 bits per heavy atom. The van der Waals surface area contributed by atoms with E-state index in [1.54, 1.807) is 6.08 Å². The zero-order valence-corrected chi connectivity index (χ0v) is 14.3. The summed E-state index contributed by atoms with van der Waals surface area (Å²) in [5.74, 6) is -0.330. The standard InChI is InChI=1S/C19H21NO2.ClH/c1-20(2)14-17-10-6-7-11-18(17)15-22-19(21)13-12-16-8-4-3-5-9-16;/h3-13H,14-15H2,1-2H3;1H/b13-12+;. The fraction of sp³-hybridized carbons (Fsp3) is 0.211. The van der Waals surface area contributed by atoms with Crippen molar-refractivity contribution >= 4 is 24.5 Å². The summed E-state index contributed by atoms with van der Waals surface area (Å²) in [5, 5.41) is 0. The van der Waals surface area contributed by atoms with Gasteiger partial charge in [0.1, 0.15) is 6.61 Å². The molecular formula is C19H22ClNO2. The van der Waals surface area contributed by atoms with E-state index in [0.717, 1.165) is 17.7 Å². The van der Waals surface area contributed by atoms with Crippen LogP contribution in [0.25, 0.3) is 6.08 Å². The Labute approximate surface area is 144 Å². The lowest BCUT2D eigenvalue weighted by molar-refractivity contribution is -0.138. The van der Waals surface area contributed by atoms with Crippen LogP contribution in [0.2, 0.25) is 0 Å². The van der Waals surface area contributed by atoms with E-state index in [0.29, 0.717) is 6.61 Å². The molecule has 0 N–H and O–H groups in total. The van der Waals surface area contributed by atoms with Crippen molar-refractivity contribution in [3.05, 3.63) is 77.4 Å². The highest BCUT2D eigenvalue weighted by atomic mass is 35.5. The molecule has 4 heteroatoms. The number of carbonyl (C=O) groups excluding carboxylic acids is 1. The maximum Gasteiger partial charge on any atom is 0.331 e. The maximum atomic E-state index is 11.8. The van der Waals surface area contributed by atoms with Gasteiger partial charge in [-0.25, -0.2) is 4.79 Å². The first-order valence-corrected chi connectivity index (χ1v) is 7.26. The van der Waals surface area contributed by atoms with E-state index in [1.807, 2.05) is 62.6 Å². The van der Waals surface area contributed by atoms with Gasteiger partial charge in [-0.1, -0.05) is 54.6 Å². The molecule has 0 aliphatic rings. The molecule has 0 aliphatic heterocycles. The van der Waals surface area contributed by atoms with Crippen LogP contribution in [0.3, 0.4) is 0 Å². The van der Waals surface area contributed by atoms with Crippen molar-refractivity contribution in [1.82, 2.24) is 4.90 Å². The van der Waals surface area contributed by atoms with Gasteiger partial charge in [-0.2, -0.15) is 0 Å². The number of esters is 1. The first-order valence-electron chi connectivity index (χ1n) is 7.26. The van der Waals surface area contributed by atoms with Gasteiger partial charge in [0.05, 0.1) is 0 Å². The average Bonchev–Trinajstić information content (AvgIpc) is 2.52. The van der Waals surface area contributed by atoms with Gasteiger partial charge in [0.25, 0.3) is 0 Å². The smallest absolute Gasteiger partial charge is 0.331 e. The summed E-state index contributed by atoms with van der Waals surface area (Å²) in [6.07, 6.45) is 3.22. The van der Waals surface area contributed by atoms with Crippen molar-refractivity contribution in [2.24, 2.45) is 0 Å². The molecule has 0 radical (unpaired) electrons. The van der Waals surface area contributed by atoms with Gasteiger partial charge >= 0.3 is 5.97 Å². The van der Waals surface area contributed by atoms with Gasteiger partial charge in [0, 0.05) is 12.6 Å². The third kappa shape index (κ3) is 6.68. The first kappa shape index (κ1) is 18.9. The van der Waals surface area contributed by atoms with Crippen LogP contribution in [-0.4, -0.2) is 25.0 Å². The highest BCUT2D eigenvalue weighted by Gasteiger charge is 2.05. The highest BCUT2D eigenvalue weighted by molar-refractivity contribution is 5.87. The van der Waals surface area contributed by atoms with Gasteiger partial charge in [-0.3, -0.25) is 0 Å². The van der Waals surface area contributed by atoms with E-state index in [1.165, 1.54) is 11.6 Å². The van der Waals surface area contributed by atoms with Crippen molar-refractivity contribution in [2.75, 3.05) is 14.1 Å². The van der Waals surface area contributed by atoms with Crippen LogP contribution >= 0.6 is 12.4 Å². The first-order chi connectivity index (χ1) is 10.6. The zero-order valence-electron chi connectivity index (χ0n) is 13.4. The number of hydrogen-bond donors (Lipinski definition) is 0. The second kappa shape index (κ2) is 9.82. The lowest BCUT2D eigenvalue weighted by atomic mass is 10.1. The number of ether oxygens (including phenoxy) is 1. The minimum absolute atomic E-state index is 0. The molecule has 2 aromatic carbocycles.